The van der Waals surface area contributed by atoms with Crippen molar-refractivity contribution in [3.8, 4) is 17.0 Å². The lowest BCUT2D eigenvalue weighted by Crippen LogP contribution is -2.16. The zero-order valence-corrected chi connectivity index (χ0v) is 15.4. The van der Waals surface area contributed by atoms with Crippen molar-refractivity contribution in [2.24, 2.45) is 0 Å². The molecule has 1 N–H and O–H groups in total. The van der Waals surface area contributed by atoms with Gasteiger partial charge in [-0.05, 0) is 23.8 Å². The molecule has 0 unspecified atom stereocenters. The number of halogens is 4. The number of aromatic nitrogens is 2. The number of nitrogens with one attached hydrogen (secondary N) is 1. The number of ether oxygens (including phenoxy) is 1. The molecule has 2 heterocycles. The van der Waals surface area contributed by atoms with Gasteiger partial charge in [-0.2, -0.15) is 0 Å². The number of rotatable bonds is 4. The van der Waals surface area contributed by atoms with Gasteiger partial charge in [-0.15, -0.1) is 12.4 Å². The number of carbonyl (C=O) groups excluding carboxylic acids is 1. The summed E-state index contributed by atoms with van der Waals surface area (Å²) in [5.74, 6) is -2.58. The van der Waals surface area contributed by atoms with Gasteiger partial charge < -0.3 is 10.1 Å². The predicted octanol–water partition coefficient (Wildman–Crippen LogP) is 4.76. The molecule has 0 aliphatic heterocycles. The van der Waals surface area contributed by atoms with Crippen molar-refractivity contribution in [3.05, 3.63) is 71.1 Å². The van der Waals surface area contributed by atoms with Crippen molar-refractivity contribution in [2.75, 3.05) is 12.4 Å². The molecule has 0 fully saturated rings. The van der Waals surface area contributed by atoms with Gasteiger partial charge in [0.05, 0.1) is 24.5 Å². The molecular formula is C18H13Cl2F2N3O2. The van der Waals surface area contributed by atoms with E-state index in [1.54, 1.807) is 30.3 Å². The minimum absolute atomic E-state index is 0. The van der Waals surface area contributed by atoms with Crippen LogP contribution in [-0.4, -0.2) is 23.0 Å². The topological polar surface area (TPSA) is 64.1 Å². The molecule has 0 radical (unpaired) electrons. The lowest BCUT2D eigenvalue weighted by Gasteiger charge is -2.10. The molecule has 9 heteroatoms. The van der Waals surface area contributed by atoms with Crippen LogP contribution in [-0.2, 0) is 0 Å². The van der Waals surface area contributed by atoms with Crippen LogP contribution >= 0.6 is 24.0 Å². The normalized spacial score (nSPS) is 10.1. The summed E-state index contributed by atoms with van der Waals surface area (Å²) >= 11 is 5.97. The van der Waals surface area contributed by atoms with Crippen LogP contribution in [0, 0.1) is 11.6 Å². The van der Waals surface area contributed by atoms with Crippen molar-refractivity contribution >= 4 is 35.6 Å². The summed E-state index contributed by atoms with van der Waals surface area (Å²) in [6.07, 6.45) is 3.02. The first-order valence-corrected chi connectivity index (χ1v) is 7.77. The summed E-state index contributed by atoms with van der Waals surface area (Å²) in [6, 6.07) is 8.27. The van der Waals surface area contributed by atoms with E-state index in [1.165, 1.54) is 13.3 Å². The van der Waals surface area contributed by atoms with Gasteiger partial charge in [-0.25, -0.2) is 13.8 Å². The number of pyridine rings is 2. The quantitative estimate of drug-likeness (QED) is 0.672. The van der Waals surface area contributed by atoms with Gasteiger partial charge >= 0.3 is 0 Å². The number of benzene rings is 1. The van der Waals surface area contributed by atoms with Gasteiger partial charge in [0.15, 0.2) is 11.6 Å². The second kappa shape index (κ2) is 8.75. The molecule has 0 saturated carbocycles. The number of methoxy groups -OCH3 is 1. The van der Waals surface area contributed by atoms with E-state index in [4.69, 9.17) is 16.3 Å². The third kappa shape index (κ3) is 4.50. The molecule has 2 aromatic heterocycles. The minimum atomic E-state index is -1.03. The van der Waals surface area contributed by atoms with Crippen molar-refractivity contribution in [3.63, 3.8) is 0 Å². The number of amides is 1. The van der Waals surface area contributed by atoms with Gasteiger partial charge in [0.25, 0.3) is 5.91 Å². The lowest BCUT2D eigenvalue weighted by atomic mass is 10.1. The van der Waals surface area contributed by atoms with Gasteiger partial charge in [-0.1, -0.05) is 23.7 Å². The summed E-state index contributed by atoms with van der Waals surface area (Å²) in [5.41, 5.74) is 1.09. The number of carbonyl (C=O) groups is 1. The highest BCUT2D eigenvalue weighted by Crippen LogP contribution is 2.31. The van der Waals surface area contributed by atoms with Crippen LogP contribution in [0.4, 0.5) is 14.5 Å². The summed E-state index contributed by atoms with van der Waals surface area (Å²) in [7, 11) is 1.49. The van der Waals surface area contributed by atoms with Gasteiger partial charge in [0, 0.05) is 17.4 Å². The van der Waals surface area contributed by atoms with E-state index in [0.29, 0.717) is 22.2 Å². The second-order valence-electron chi connectivity index (χ2n) is 5.22. The van der Waals surface area contributed by atoms with Crippen LogP contribution < -0.4 is 10.1 Å². The van der Waals surface area contributed by atoms with Crippen LogP contribution in [0.3, 0.4) is 0 Å². The van der Waals surface area contributed by atoms with Gasteiger partial charge in [0.1, 0.15) is 5.56 Å². The van der Waals surface area contributed by atoms with Crippen LogP contribution in [0.15, 0.2) is 48.9 Å². The van der Waals surface area contributed by atoms with E-state index < -0.39 is 23.1 Å². The zero-order chi connectivity index (χ0) is 18.7. The average Bonchev–Trinajstić information content (AvgIpc) is 2.62. The average molecular weight is 412 g/mol. The van der Waals surface area contributed by atoms with Crippen molar-refractivity contribution in [1.29, 1.82) is 0 Å². The third-order valence-electron chi connectivity index (χ3n) is 3.55. The highest BCUT2D eigenvalue weighted by Gasteiger charge is 2.18. The maximum absolute atomic E-state index is 13.6. The molecule has 5 nitrogen and oxygen atoms in total. The highest BCUT2D eigenvalue weighted by molar-refractivity contribution is 6.30. The van der Waals surface area contributed by atoms with Crippen molar-refractivity contribution < 1.29 is 18.3 Å². The fourth-order valence-corrected chi connectivity index (χ4v) is 2.51. The Bertz CT molecular complexity index is 949. The highest BCUT2D eigenvalue weighted by atomic mass is 35.5. The van der Waals surface area contributed by atoms with Crippen LogP contribution in [0.25, 0.3) is 11.1 Å². The maximum atomic E-state index is 13.6. The second-order valence-corrected chi connectivity index (χ2v) is 5.66. The lowest BCUT2D eigenvalue weighted by molar-refractivity contribution is 0.101. The Labute approximate surface area is 164 Å². The maximum Gasteiger partial charge on any atom is 0.261 e. The first-order chi connectivity index (χ1) is 12.5. The van der Waals surface area contributed by atoms with E-state index in [0.717, 1.165) is 18.0 Å². The Balaban J connectivity index is 0.00000261. The molecule has 1 aromatic carbocycles. The van der Waals surface area contributed by atoms with Gasteiger partial charge in [-0.3, -0.25) is 9.78 Å². The van der Waals surface area contributed by atoms with Crippen LogP contribution in [0.1, 0.15) is 10.4 Å². The molecule has 140 valence electrons. The Morgan fingerprint density at radius 1 is 1.11 bits per heavy atom. The van der Waals surface area contributed by atoms with Crippen molar-refractivity contribution in [1.82, 2.24) is 9.97 Å². The molecule has 3 aromatic rings. The summed E-state index contributed by atoms with van der Waals surface area (Å²) in [6.45, 7) is 0. The summed E-state index contributed by atoms with van der Waals surface area (Å²) in [4.78, 5) is 19.5. The molecule has 3 rings (SSSR count). The molecule has 0 spiro atoms. The largest absolute Gasteiger partial charge is 0.481 e. The molecule has 0 aliphatic rings. The van der Waals surface area contributed by atoms with Gasteiger partial charge in [0.2, 0.25) is 5.88 Å². The van der Waals surface area contributed by atoms with E-state index in [1.807, 2.05) is 0 Å². The number of hydrogen-bond donors (Lipinski definition) is 1. The Morgan fingerprint density at radius 2 is 1.74 bits per heavy atom. The van der Waals surface area contributed by atoms with E-state index in [-0.39, 0.29) is 12.4 Å². The predicted molar refractivity (Wildman–Crippen MR) is 101 cm³/mol. The Morgan fingerprint density at radius 3 is 2.33 bits per heavy atom. The third-order valence-corrected chi connectivity index (χ3v) is 3.75. The SMILES string of the molecule is COc1ncc(Cl)cc1-c1ccc(NC(=O)c2c(F)cncc2F)cc1.Cl. The van der Waals surface area contributed by atoms with Crippen LogP contribution in [0.2, 0.25) is 5.02 Å². The first-order valence-electron chi connectivity index (χ1n) is 7.40. The molecule has 1 amide bonds. The molecular weight excluding hydrogens is 399 g/mol. The Kier molecular flexibility index (Phi) is 6.65. The number of nitrogens with zero attached hydrogens (tertiary/aromatic N) is 2. The molecule has 0 bridgehead atoms. The smallest absolute Gasteiger partial charge is 0.261 e. The molecule has 0 atom stereocenters. The molecule has 27 heavy (non-hydrogen) atoms. The van der Waals surface area contributed by atoms with Crippen LogP contribution in [0.5, 0.6) is 5.88 Å². The Hall–Kier alpha value is -2.77. The first kappa shape index (κ1) is 20.5. The fraction of sp³-hybridized carbons (Fsp3) is 0.0556. The van der Waals surface area contributed by atoms with Crippen molar-refractivity contribution in [2.45, 2.75) is 0 Å². The zero-order valence-electron chi connectivity index (χ0n) is 13.9. The summed E-state index contributed by atoms with van der Waals surface area (Å²) in [5, 5.41) is 2.89. The van der Waals surface area contributed by atoms with E-state index >= 15 is 0 Å². The molecule has 0 aliphatic carbocycles. The molecule has 0 saturated heterocycles. The fourth-order valence-electron chi connectivity index (χ4n) is 2.35. The standard InChI is InChI=1S/C18H12ClF2N3O2.ClH/c1-26-18-13(6-11(19)7-23-18)10-2-4-12(5-3-10)24-17(25)16-14(20)8-22-9-15(16)21;/h2-9H,1H3,(H,24,25);1H. The number of hydrogen-bond acceptors (Lipinski definition) is 4. The number of anilines is 1. The van der Waals surface area contributed by atoms with E-state index in [9.17, 15) is 13.6 Å². The summed E-state index contributed by atoms with van der Waals surface area (Å²) < 4.78 is 32.4. The van der Waals surface area contributed by atoms with E-state index in [2.05, 4.69) is 15.3 Å². The monoisotopic (exact) mass is 411 g/mol. The minimum Gasteiger partial charge on any atom is -0.481 e.